The van der Waals surface area contributed by atoms with Crippen molar-refractivity contribution in [2.24, 2.45) is 0 Å². The van der Waals surface area contributed by atoms with Gasteiger partial charge in [0.1, 0.15) is 11.6 Å². The molecule has 0 radical (unpaired) electrons. The van der Waals surface area contributed by atoms with E-state index in [9.17, 15) is 19.1 Å². The number of hydrogen-bond acceptors (Lipinski definition) is 3. The lowest BCUT2D eigenvalue weighted by Gasteiger charge is -2.21. The molecule has 1 N–H and O–H groups in total. The van der Waals surface area contributed by atoms with Crippen LogP contribution in [0.25, 0.3) is 5.76 Å². The zero-order chi connectivity index (χ0) is 17.4. The fraction of sp³-hybridized carbons (Fsp3) is 0.111. The van der Waals surface area contributed by atoms with E-state index in [2.05, 4.69) is 15.9 Å². The highest BCUT2D eigenvalue weighted by atomic mass is 79.9. The predicted octanol–water partition coefficient (Wildman–Crippen LogP) is 3.64. The van der Waals surface area contributed by atoms with E-state index in [1.807, 2.05) is 6.07 Å². The van der Waals surface area contributed by atoms with Crippen LogP contribution in [0.1, 0.15) is 17.2 Å². The fourth-order valence-electron chi connectivity index (χ4n) is 2.78. The number of nitrogens with zero attached hydrogens (tertiary/aromatic N) is 1. The minimum absolute atomic E-state index is 0.00721. The highest BCUT2D eigenvalue weighted by Crippen LogP contribution is 2.38. The summed E-state index contributed by atoms with van der Waals surface area (Å²) in [7, 11) is 1.51. The van der Waals surface area contributed by atoms with Crippen molar-refractivity contribution in [1.29, 1.82) is 0 Å². The number of ketones is 1. The van der Waals surface area contributed by atoms with Gasteiger partial charge in [-0.25, -0.2) is 4.39 Å². The summed E-state index contributed by atoms with van der Waals surface area (Å²) in [6.45, 7) is 0. The van der Waals surface area contributed by atoms with Crippen molar-refractivity contribution in [3.63, 3.8) is 0 Å². The van der Waals surface area contributed by atoms with Crippen molar-refractivity contribution >= 4 is 33.4 Å². The van der Waals surface area contributed by atoms with E-state index in [0.717, 1.165) is 4.47 Å². The molecule has 1 heterocycles. The Morgan fingerprint density at radius 2 is 1.83 bits per heavy atom. The molecule has 1 aliphatic heterocycles. The fourth-order valence-corrected chi connectivity index (χ4v) is 3.19. The van der Waals surface area contributed by atoms with E-state index in [4.69, 9.17) is 0 Å². The van der Waals surface area contributed by atoms with Crippen LogP contribution in [0.2, 0.25) is 0 Å². The first-order valence-corrected chi connectivity index (χ1v) is 7.95. The maximum Gasteiger partial charge on any atom is 0.295 e. The molecule has 0 saturated carbocycles. The van der Waals surface area contributed by atoms with Crippen molar-refractivity contribution < 1.29 is 19.1 Å². The highest BCUT2D eigenvalue weighted by Gasteiger charge is 2.44. The molecule has 122 valence electrons. The number of hydrogen-bond donors (Lipinski definition) is 1. The molecule has 4 nitrogen and oxygen atoms in total. The van der Waals surface area contributed by atoms with E-state index in [0.29, 0.717) is 5.56 Å². The van der Waals surface area contributed by atoms with Gasteiger partial charge in [-0.1, -0.05) is 28.1 Å². The molecule has 0 aliphatic carbocycles. The maximum absolute atomic E-state index is 13.1. The van der Waals surface area contributed by atoms with Crippen molar-refractivity contribution in [3.05, 3.63) is 75.5 Å². The third kappa shape index (κ3) is 2.73. The third-order valence-electron chi connectivity index (χ3n) is 3.96. The quantitative estimate of drug-likeness (QED) is 0.484. The Balaban J connectivity index is 2.18. The first-order valence-electron chi connectivity index (χ1n) is 7.16. The molecule has 1 amide bonds. The van der Waals surface area contributed by atoms with Crippen LogP contribution in [0, 0.1) is 5.82 Å². The molecule has 1 aliphatic rings. The summed E-state index contributed by atoms with van der Waals surface area (Å²) in [6.07, 6.45) is 0. The summed E-state index contributed by atoms with van der Waals surface area (Å²) in [5.41, 5.74) is 0.963. The average Bonchev–Trinajstić information content (AvgIpc) is 2.79. The molecular weight excluding hydrogens is 377 g/mol. The Morgan fingerprint density at radius 1 is 1.17 bits per heavy atom. The number of halogens is 2. The van der Waals surface area contributed by atoms with E-state index >= 15 is 0 Å². The van der Waals surface area contributed by atoms with Gasteiger partial charge in [-0.2, -0.15) is 0 Å². The van der Waals surface area contributed by atoms with Crippen LogP contribution in [0.4, 0.5) is 4.39 Å². The van der Waals surface area contributed by atoms with Gasteiger partial charge >= 0.3 is 0 Å². The van der Waals surface area contributed by atoms with Crippen LogP contribution in [0.3, 0.4) is 0 Å². The molecule has 2 aromatic carbocycles. The largest absolute Gasteiger partial charge is 0.507 e. The summed E-state index contributed by atoms with van der Waals surface area (Å²) in [5.74, 6) is -2.22. The molecule has 0 spiro atoms. The number of carbonyl (C=O) groups excluding carboxylic acids is 2. The average molecular weight is 390 g/mol. The number of likely N-dealkylation sites (tertiary alicyclic amines) is 1. The Kier molecular flexibility index (Phi) is 4.24. The monoisotopic (exact) mass is 389 g/mol. The molecule has 1 saturated heterocycles. The molecule has 2 aromatic rings. The number of likely N-dealkylation sites (N-methyl/N-ethyl adjacent to an activating group) is 1. The molecule has 0 bridgehead atoms. The summed E-state index contributed by atoms with van der Waals surface area (Å²) in [5, 5.41) is 10.6. The zero-order valence-corrected chi connectivity index (χ0v) is 14.2. The number of carbonyl (C=O) groups is 2. The van der Waals surface area contributed by atoms with Gasteiger partial charge in [0.2, 0.25) is 0 Å². The molecule has 3 rings (SSSR count). The van der Waals surface area contributed by atoms with E-state index in [1.165, 1.54) is 36.2 Å². The summed E-state index contributed by atoms with van der Waals surface area (Å²) < 4.78 is 13.9. The number of amides is 1. The van der Waals surface area contributed by atoms with Crippen LogP contribution in [-0.2, 0) is 9.59 Å². The Bertz CT molecular complexity index is 861. The van der Waals surface area contributed by atoms with E-state index < -0.39 is 23.5 Å². The lowest BCUT2D eigenvalue weighted by molar-refractivity contribution is -0.139. The summed E-state index contributed by atoms with van der Waals surface area (Å²) in [6, 6.07) is 11.6. The second-order valence-corrected chi connectivity index (χ2v) is 6.39. The SMILES string of the molecule is CN1C(=O)C(=O)/C(=C(/O)c2ccc(F)cc2)C1c1cccc(Br)c1. The predicted molar refractivity (Wildman–Crippen MR) is 90.6 cm³/mol. The molecule has 6 heteroatoms. The van der Waals surface area contributed by atoms with E-state index in [-0.39, 0.29) is 16.9 Å². The number of benzene rings is 2. The van der Waals surface area contributed by atoms with Gasteiger partial charge in [-0.15, -0.1) is 0 Å². The Morgan fingerprint density at radius 3 is 2.46 bits per heavy atom. The smallest absolute Gasteiger partial charge is 0.295 e. The molecule has 1 atom stereocenters. The standard InChI is InChI=1S/C18H13BrFNO3/c1-21-15(11-3-2-4-12(19)9-11)14(17(23)18(21)24)16(22)10-5-7-13(20)8-6-10/h2-9,15,22H,1H3/b16-14+. The second kappa shape index (κ2) is 6.20. The third-order valence-corrected chi connectivity index (χ3v) is 4.45. The first kappa shape index (κ1) is 16.4. The Labute approximate surface area is 146 Å². The van der Waals surface area contributed by atoms with Crippen LogP contribution in [0.15, 0.2) is 58.6 Å². The van der Waals surface area contributed by atoms with Crippen LogP contribution in [-0.4, -0.2) is 28.7 Å². The van der Waals surface area contributed by atoms with E-state index in [1.54, 1.807) is 18.2 Å². The number of Topliss-reactive ketones (excluding diaryl/α,β-unsaturated/α-hetero) is 1. The molecule has 0 aromatic heterocycles. The molecular formula is C18H13BrFNO3. The summed E-state index contributed by atoms with van der Waals surface area (Å²) in [4.78, 5) is 25.8. The lowest BCUT2D eigenvalue weighted by Crippen LogP contribution is -2.24. The summed E-state index contributed by atoms with van der Waals surface area (Å²) >= 11 is 3.36. The van der Waals surface area contributed by atoms with Gasteiger partial charge < -0.3 is 10.0 Å². The van der Waals surface area contributed by atoms with Gasteiger partial charge in [0.05, 0.1) is 11.6 Å². The number of aliphatic hydroxyl groups excluding tert-OH is 1. The minimum atomic E-state index is -0.760. The second-order valence-electron chi connectivity index (χ2n) is 5.47. The van der Waals surface area contributed by atoms with Gasteiger partial charge in [0.15, 0.2) is 0 Å². The van der Waals surface area contributed by atoms with Gasteiger partial charge in [-0.05, 0) is 42.0 Å². The Hall–Kier alpha value is -2.47. The van der Waals surface area contributed by atoms with Gasteiger partial charge in [0.25, 0.3) is 11.7 Å². The number of aliphatic hydroxyl groups is 1. The topological polar surface area (TPSA) is 57.6 Å². The van der Waals surface area contributed by atoms with Crippen molar-refractivity contribution in [3.8, 4) is 0 Å². The van der Waals surface area contributed by atoms with Crippen molar-refractivity contribution in [2.75, 3.05) is 7.05 Å². The molecule has 24 heavy (non-hydrogen) atoms. The van der Waals surface area contributed by atoms with Crippen LogP contribution >= 0.6 is 15.9 Å². The first-order chi connectivity index (χ1) is 11.4. The highest BCUT2D eigenvalue weighted by molar-refractivity contribution is 9.10. The normalized spacial score (nSPS) is 19.8. The molecule has 1 unspecified atom stereocenters. The van der Waals surface area contributed by atoms with Crippen LogP contribution in [0.5, 0.6) is 0 Å². The lowest BCUT2D eigenvalue weighted by atomic mass is 9.95. The van der Waals surface area contributed by atoms with Gasteiger partial charge in [-0.3, -0.25) is 9.59 Å². The number of rotatable bonds is 2. The zero-order valence-electron chi connectivity index (χ0n) is 12.7. The van der Waals surface area contributed by atoms with Gasteiger partial charge in [0, 0.05) is 17.1 Å². The maximum atomic E-state index is 13.1. The van der Waals surface area contributed by atoms with Crippen molar-refractivity contribution in [1.82, 2.24) is 4.90 Å². The van der Waals surface area contributed by atoms with Crippen molar-refractivity contribution in [2.45, 2.75) is 6.04 Å². The minimum Gasteiger partial charge on any atom is -0.507 e. The van der Waals surface area contributed by atoms with Crippen LogP contribution < -0.4 is 0 Å². The molecule has 1 fully saturated rings.